The van der Waals surface area contributed by atoms with Gasteiger partial charge in [-0.05, 0) is 57.9 Å². The fourth-order valence-electron chi connectivity index (χ4n) is 2.60. The molecule has 0 radical (unpaired) electrons. The largest absolute Gasteiger partial charge is 0.416 e. The molecule has 0 saturated heterocycles. The maximum absolute atomic E-state index is 13.0. The third-order valence-electron chi connectivity index (χ3n) is 3.93. The molecule has 1 aromatic rings. The van der Waals surface area contributed by atoms with Crippen LogP contribution in [0, 0.1) is 12.8 Å². The van der Waals surface area contributed by atoms with Gasteiger partial charge in [0.2, 0.25) is 5.91 Å². The summed E-state index contributed by atoms with van der Waals surface area (Å²) in [5.41, 5.74) is -0.668. The van der Waals surface area contributed by atoms with E-state index in [1.54, 1.807) is 33.9 Å². The SMILES string of the molecule is CN[C@H](CC(C)C)C(=O)NC(C)(C)c1cc(C)cc(C(F)(F)F)c1. The summed E-state index contributed by atoms with van der Waals surface area (Å²) in [5.74, 6) is 0.110. The summed E-state index contributed by atoms with van der Waals surface area (Å²) in [4.78, 5) is 12.5. The third kappa shape index (κ3) is 5.51. The smallest absolute Gasteiger partial charge is 0.346 e. The summed E-state index contributed by atoms with van der Waals surface area (Å²) < 4.78 is 39.1. The van der Waals surface area contributed by atoms with E-state index in [0.717, 1.165) is 12.1 Å². The summed E-state index contributed by atoms with van der Waals surface area (Å²) >= 11 is 0. The lowest BCUT2D eigenvalue weighted by Crippen LogP contribution is -2.50. The Morgan fingerprint density at radius 1 is 1.12 bits per heavy atom. The maximum Gasteiger partial charge on any atom is 0.416 e. The van der Waals surface area contributed by atoms with Crippen molar-refractivity contribution in [2.24, 2.45) is 5.92 Å². The molecule has 6 heteroatoms. The number of rotatable bonds is 6. The van der Waals surface area contributed by atoms with E-state index < -0.39 is 17.3 Å². The molecule has 0 aliphatic rings. The van der Waals surface area contributed by atoms with E-state index in [1.165, 1.54) is 0 Å². The lowest BCUT2D eigenvalue weighted by atomic mass is 9.90. The fraction of sp³-hybridized carbons (Fsp3) is 0.611. The van der Waals surface area contributed by atoms with Gasteiger partial charge < -0.3 is 10.6 Å². The molecule has 0 aromatic heterocycles. The van der Waals surface area contributed by atoms with Crippen LogP contribution >= 0.6 is 0 Å². The van der Waals surface area contributed by atoms with Gasteiger partial charge in [-0.2, -0.15) is 13.2 Å². The minimum atomic E-state index is -4.41. The topological polar surface area (TPSA) is 41.1 Å². The molecule has 0 bridgehead atoms. The molecule has 3 nitrogen and oxygen atoms in total. The first-order valence-electron chi connectivity index (χ1n) is 8.05. The van der Waals surface area contributed by atoms with E-state index >= 15 is 0 Å². The van der Waals surface area contributed by atoms with Crippen LogP contribution in [0.25, 0.3) is 0 Å². The Morgan fingerprint density at radius 3 is 2.12 bits per heavy atom. The number of nitrogens with one attached hydrogen (secondary N) is 2. The van der Waals surface area contributed by atoms with Crippen molar-refractivity contribution in [2.45, 2.75) is 58.8 Å². The van der Waals surface area contributed by atoms with Crippen molar-refractivity contribution < 1.29 is 18.0 Å². The van der Waals surface area contributed by atoms with Crippen LogP contribution in [-0.2, 0) is 16.5 Å². The van der Waals surface area contributed by atoms with Crippen molar-refractivity contribution in [2.75, 3.05) is 7.05 Å². The lowest BCUT2D eigenvalue weighted by molar-refractivity contribution is -0.137. The number of carbonyl (C=O) groups excluding carboxylic acids is 1. The van der Waals surface area contributed by atoms with Gasteiger partial charge >= 0.3 is 6.18 Å². The second-order valence-electron chi connectivity index (χ2n) is 7.17. The van der Waals surface area contributed by atoms with Crippen molar-refractivity contribution in [1.29, 1.82) is 0 Å². The number of hydrogen-bond acceptors (Lipinski definition) is 2. The summed E-state index contributed by atoms with van der Waals surface area (Å²) in [6.07, 6.45) is -3.76. The van der Waals surface area contributed by atoms with Gasteiger partial charge in [0.05, 0.1) is 17.1 Å². The van der Waals surface area contributed by atoms with E-state index in [1.807, 2.05) is 13.8 Å². The van der Waals surface area contributed by atoms with E-state index in [-0.39, 0.29) is 11.9 Å². The van der Waals surface area contributed by atoms with Gasteiger partial charge in [-0.15, -0.1) is 0 Å². The maximum atomic E-state index is 13.0. The third-order valence-corrected chi connectivity index (χ3v) is 3.93. The Bertz CT molecular complexity index is 580. The summed E-state index contributed by atoms with van der Waals surface area (Å²) in [7, 11) is 1.70. The molecular formula is C18H27F3N2O. The standard InChI is InChI=1S/C18H27F3N2O/c1-11(2)7-15(22-6)16(24)23-17(4,5)13-8-12(3)9-14(10-13)18(19,20)21/h8-11,15,22H,7H2,1-6H3,(H,23,24)/t15-/m1/s1. The molecule has 1 atom stereocenters. The van der Waals surface area contributed by atoms with Crippen molar-refractivity contribution in [3.05, 3.63) is 34.9 Å². The molecule has 0 spiro atoms. The van der Waals surface area contributed by atoms with Crippen LogP contribution in [0.2, 0.25) is 0 Å². The first-order chi connectivity index (χ1) is 10.9. The van der Waals surface area contributed by atoms with Crippen molar-refractivity contribution in [1.82, 2.24) is 10.6 Å². The highest BCUT2D eigenvalue weighted by molar-refractivity contribution is 5.82. The molecule has 136 valence electrons. The van der Waals surface area contributed by atoms with Gasteiger partial charge in [0.1, 0.15) is 0 Å². The van der Waals surface area contributed by atoms with Crippen LogP contribution < -0.4 is 10.6 Å². The van der Waals surface area contributed by atoms with Crippen molar-refractivity contribution in [3.8, 4) is 0 Å². The number of alkyl halides is 3. The molecule has 24 heavy (non-hydrogen) atoms. The Morgan fingerprint density at radius 2 is 1.67 bits per heavy atom. The van der Waals surface area contributed by atoms with Gasteiger partial charge in [-0.1, -0.05) is 25.5 Å². The minimum Gasteiger partial charge on any atom is -0.346 e. The normalized spacial score (nSPS) is 13.9. The number of carbonyl (C=O) groups is 1. The highest BCUT2D eigenvalue weighted by Crippen LogP contribution is 2.33. The molecule has 0 aliphatic carbocycles. The molecular weight excluding hydrogens is 317 g/mol. The Balaban J connectivity index is 3.07. The molecule has 1 aromatic carbocycles. The van der Waals surface area contributed by atoms with Gasteiger partial charge in [0, 0.05) is 0 Å². The van der Waals surface area contributed by atoms with Crippen LogP contribution in [0.1, 0.15) is 50.8 Å². The van der Waals surface area contributed by atoms with Crippen molar-refractivity contribution >= 4 is 5.91 Å². The highest BCUT2D eigenvalue weighted by atomic mass is 19.4. The molecule has 0 fully saturated rings. The van der Waals surface area contributed by atoms with Crippen molar-refractivity contribution in [3.63, 3.8) is 0 Å². The Labute approximate surface area is 142 Å². The van der Waals surface area contributed by atoms with Crippen LogP contribution in [0.15, 0.2) is 18.2 Å². The zero-order valence-electron chi connectivity index (χ0n) is 15.1. The molecule has 0 aliphatic heterocycles. The quantitative estimate of drug-likeness (QED) is 0.819. The number of aryl methyl sites for hydroxylation is 1. The highest BCUT2D eigenvalue weighted by Gasteiger charge is 2.33. The van der Waals surface area contributed by atoms with Gasteiger partial charge in [0.25, 0.3) is 0 Å². The van der Waals surface area contributed by atoms with E-state index in [0.29, 0.717) is 23.5 Å². The number of hydrogen-bond donors (Lipinski definition) is 2. The zero-order chi connectivity index (χ0) is 18.7. The predicted molar refractivity (Wildman–Crippen MR) is 89.7 cm³/mol. The van der Waals surface area contributed by atoms with Gasteiger partial charge in [-0.25, -0.2) is 0 Å². The van der Waals surface area contributed by atoms with Gasteiger partial charge in [-0.3, -0.25) is 4.79 Å². The molecule has 0 unspecified atom stereocenters. The van der Waals surface area contributed by atoms with Crippen LogP contribution in [-0.4, -0.2) is 19.0 Å². The molecule has 1 rings (SSSR count). The summed E-state index contributed by atoms with van der Waals surface area (Å²) in [6.45, 7) is 9.06. The van der Waals surface area contributed by atoms with E-state index in [2.05, 4.69) is 10.6 Å². The van der Waals surface area contributed by atoms with Crippen LogP contribution in [0.4, 0.5) is 13.2 Å². The lowest BCUT2D eigenvalue weighted by Gasteiger charge is -2.30. The van der Waals surface area contributed by atoms with Gasteiger partial charge in [0.15, 0.2) is 0 Å². The fourth-order valence-corrected chi connectivity index (χ4v) is 2.60. The Kier molecular flexibility index (Phi) is 6.45. The Hall–Kier alpha value is -1.56. The zero-order valence-corrected chi connectivity index (χ0v) is 15.1. The average Bonchev–Trinajstić information content (AvgIpc) is 2.42. The molecule has 0 saturated carbocycles. The second-order valence-corrected chi connectivity index (χ2v) is 7.17. The minimum absolute atomic E-state index is 0.216. The number of benzene rings is 1. The predicted octanol–water partition coefficient (Wildman–Crippen LogP) is 4.00. The van der Waals surface area contributed by atoms with Crippen LogP contribution in [0.3, 0.4) is 0 Å². The summed E-state index contributed by atoms with van der Waals surface area (Å²) in [5, 5.41) is 5.83. The number of halogens is 3. The second kappa shape index (κ2) is 7.55. The van der Waals surface area contributed by atoms with E-state index in [9.17, 15) is 18.0 Å². The number of likely N-dealkylation sites (N-methyl/N-ethyl adjacent to an activating group) is 1. The first kappa shape index (κ1) is 20.5. The van der Waals surface area contributed by atoms with Crippen LogP contribution in [0.5, 0.6) is 0 Å². The van der Waals surface area contributed by atoms with E-state index in [4.69, 9.17) is 0 Å². The molecule has 1 amide bonds. The molecule has 0 heterocycles. The first-order valence-corrected chi connectivity index (χ1v) is 8.05. The average molecular weight is 344 g/mol. The molecule has 2 N–H and O–H groups in total. The summed E-state index contributed by atoms with van der Waals surface area (Å²) in [6, 6.07) is 3.50. The number of amides is 1. The monoisotopic (exact) mass is 344 g/mol.